The van der Waals surface area contributed by atoms with Crippen molar-refractivity contribution in [3.8, 4) is 10.7 Å². The van der Waals surface area contributed by atoms with Crippen molar-refractivity contribution in [2.45, 2.75) is 52.0 Å². The largest absolute Gasteiger partial charge is 0.326 e. The van der Waals surface area contributed by atoms with Crippen LogP contribution in [0.15, 0.2) is 6.20 Å². The monoisotopic (exact) mass is 262 g/mol. The van der Waals surface area contributed by atoms with E-state index in [-0.39, 0.29) is 0 Å². The molecule has 96 valence electrons. The maximum Gasteiger partial charge on any atom is 0.162 e. The Labute approximate surface area is 111 Å². The zero-order valence-corrected chi connectivity index (χ0v) is 11.9. The van der Waals surface area contributed by atoms with E-state index in [0.29, 0.717) is 11.8 Å². The molecule has 0 saturated carbocycles. The maximum atomic E-state index is 4.63. The minimum Gasteiger partial charge on any atom is -0.326 e. The molecule has 5 heteroatoms. The Hall–Kier alpha value is -1.23. The van der Waals surface area contributed by atoms with Crippen LogP contribution in [0.25, 0.3) is 10.7 Å². The Balaban J connectivity index is 2.01. The molecule has 0 saturated heterocycles. The lowest BCUT2D eigenvalue weighted by Gasteiger charge is -2.21. The zero-order chi connectivity index (χ0) is 12.7. The van der Waals surface area contributed by atoms with Gasteiger partial charge in [-0.15, -0.1) is 0 Å². The zero-order valence-electron chi connectivity index (χ0n) is 11.1. The van der Waals surface area contributed by atoms with Crippen molar-refractivity contribution in [3.05, 3.63) is 17.8 Å². The molecule has 2 aromatic heterocycles. The highest BCUT2D eigenvalue weighted by Gasteiger charge is 2.22. The number of hydrogen-bond acceptors (Lipinski definition) is 4. The van der Waals surface area contributed by atoms with Crippen LogP contribution in [0, 0.1) is 0 Å². The summed E-state index contributed by atoms with van der Waals surface area (Å²) >= 11 is 1.49. The van der Waals surface area contributed by atoms with Gasteiger partial charge in [-0.2, -0.15) is 4.37 Å². The third-order valence-electron chi connectivity index (χ3n) is 3.52. The van der Waals surface area contributed by atoms with Crippen molar-refractivity contribution < 1.29 is 0 Å². The molecule has 2 aromatic rings. The van der Waals surface area contributed by atoms with E-state index in [9.17, 15) is 0 Å². The summed E-state index contributed by atoms with van der Waals surface area (Å²) < 4.78 is 6.75. The lowest BCUT2D eigenvalue weighted by Crippen LogP contribution is -2.14. The highest BCUT2D eigenvalue weighted by molar-refractivity contribution is 7.09. The average Bonchev–Trinajstić information content (AvgIpc) is 2.94. The molecule has 0 amide bonds. The fourth-order valence-electron chi connectivity index (χ4n) is 2.45. The molecule has 4 nitrogen and oxygen atoms in total. The first kappa shape index (κ1) is 11.8. The number of nitrogens with zero attached hydrogens (tertiary/aromatic N) is 4. The van der Waals surface area contributed by atoms with Crippen molar-refractivity contribution in [2.75, 3.05) is 0 Å². The van der Waals surface area contributed by atoms with Gasteiger partial charge in [-0.25, -0.2) is 9.97 Å². The summed E-state index contributed by atoms with van der Waals surface area (Å²) in [5.74, 6) is 3.09. The van der Waals surface area contributed by atoms with Crippen LogP contribution in [0.2, 0.25) is 0 Å². The van der Waals surface area contributed by atoms with Gasteiger partial charge in [0.15, 0.2) is 5.01 Å². The number of aromatic nitrogens is 4. The molecule has 3 rings (SSSR count). The molecule has 0 aromatic carbocycles. The van der Waals surface area contributed by atoms with Gasteiger partial charge in [0.25, 0.3) is 0 Å². The summed E-state index contributed by atoms with van der Waals surface area (Å²) in [5.41, 5.74) is 1.14. The van der Waals surface area contributed by atoms with E-state index in [4.69, 9.17) is 0 Å². The van der Waals surface area contributed by atoms with Crippen LogP contribution < -0.4 is 0 Å². The molecule has 0 spiro atoms. The second-order valence-electron chi connectivity index (χ2n) is 5.31. The Kier molecular flexibility index (Phi) is 2.93. The van der Waals surface area contributed by atoms with Crippen LogP contribution in [0.4, 0.5) is 0 Å². The first-order valence-corrected chi connectivity index (χ1v) is 7.33. The molecule has 0 bridgehead atoms. The fraction of sp³-hybridized carbons (Fsp3) is 0.615. The van der Waals surface area contributed by atoms with E-state index in [1.54, 1.807) is 0 Å². The van der Waals surface area contributed by atoms with Gasteiger partial charge in [-0.05, 0) is 24.4 Å². The van der Waals surface area contributed by atoms with Crippen LogP contribution in [0.3, 0.4) is 0 Å². The van der Waals surface area contributed by atoms with Crippen molar-refractivity contribution in [1.82, 2.24) is 18.9 Å². The summed E-state index contributed by atoms with van der Waals surface area (Å²) in [6, 6.07) is 0. The third-order valence-corrected chi connectivity index (χ3v) is 4.28. The van der Waals surface area contributed by atoms with E-state index in [1.807, 2.05) is 6.20 Å². The minimum absolute atomic E-state index is 0.387. The standard InChI is InChI=1S/C13H18N4S/c1-8(2)11-15-13(18-16-11)10-7-14-12-9(3)5-4-6-17(10)12/h7-9H,4-6H2,1-3H3/t9-/m0/s1. The molecule has 0 aliphatic carbocycles. The summed E-state index contributed by atoms with van der Waals surface area (Å²) in [6.45, 7) is 7.56. The van der Waals surface area contributed by atoms with Gasteiger partial charge in [-0.1, -0.05) is 20.8 Å². The molecule has 0 radical (unpaired) electrons. The Morgan fingerprint density at radius 2 is 2.28 bits per heavy atom. The van der Waals surface area contributed by atoms with Crippen LogP contribution in [-0.4, -0.2) is 18.9 Å². The predicted molar refractivity (Wildman–Crippen MR) is 72.9 cm³/mol. The molecular weight excluding hydrogens is 244 g/mol. The summed E-state index contributed by atoms with van der Waals surface area (Å²) in [7, 11) is 0. The Morgan fingerprint density at radius 1 is 1.44 bits per heavy atom. The second-order valence-corrected chi connectivity index (χ2v) is 6.06. The molecule has 1 aliphatic rings. The molecule has 0 unspecified atom stereocenters. The Morgan fingerprint density at radius 3 is 3.00 bits per heavy atom. The highest BCUT2D eigenvalue weighted by Crippen LogP contribution is 2.32. The fourth-order valence-corrected chi connectivity index (χ4v) is 3.27. The molecule has 0 N–H and O–H groups in total. The van der Waals surface area contributed by atoms with Gasteiger partial charge in [0.2, 0.25) is 0 Å². The van der Waals surface area contributed by atoms with E-state index in [0.717, 1.165) is 23.1 Å². The Bertz CT molecular complexity index is 555. The van der Waals surface area contributed by atoms with E-state index in [1.165, 1.54) is 30.2 Å². The van der Waals surface area contributed by atoms with Crippen LogP contribution in [0.1, 0.15) is 57.1 Å². The number of imidazole rings is 1. The topological polar surface area (TPSA) is 43.6 Å². The average molecular weight is 262 g/mol. The lowest BCUT2D eigenvalue weighted by atomic mass is 10.0. The number of fused-ring (bicyclic) bond motifs is 1. The van der Waals surface area contributed by atoms with E-state index >= 15 is 0 Å². The highest BCUT2D eigenvalue weighted by atomic mass is 32.1. The van der Waals surface area contributed by atoms with Crippen molar-refractivity contribution in [1.29, 1.82) is 0 Å². The number of rotatable bonds is 2. The maximum absolute atomic E-state index is 4.63. The van der Waals surface area contributed by atoms with Crippen LogP contribution >= 0.6 is 11.5 Å². The molecule has 1 aliphatic heterocycles. The van der Waals surface area contributed by atoms with Gasteiger partial charge in [0.1, 0.15) is 11.6 Å². The van der Waals surface area contributed by atoms with Gasteiger partial charge in [0.05, 0.1) is 11.9 Å². The molecular formula is C13H18N4S. The number of hydrogen-bond donors (Lipinski definition) is 0. The smallest absolute Gasteiger partial charge is 0.162 e. The molecule has 18 heavy (non-hydrogen) atoms. The lowest BCUT2D eigenvalue weighted by molar-refractivity contribution is 0.466. The quantitative estimate of drug-likeness (QED) is 0.833. The minimum atomic E-state index is 0.387. The van der Waals surface area contributed by atoms with Crippen molar-refractivity contribution >= 4 is 11.5 Å². The van der Waals surface area contributed by atoms with Crippen LogP contribution in [0.5, 0.6) is 0 Å². The molecule has 3 heterocycles. The van der Waals surface area contributed by atoms with Gasteiger partial charge < -0.3 is 4.57 Å². The van der Waals surface area contributed by atoms with Crippen LogP contribution in [-0.2, 0) is 6.54 Å². The summed E-state index contributed by atoms with van der Waals surface area (Å²) in [5, 5.41) is 1.01. The van der Waals surface area contributed by atoms with Crippen molar-refractivity contribution in [2.24, 2.45) is 0 Å². The third kappa shape index (κ3) is 1.86. The predicted octanol–water partition coefficient (Wildman–Crippen LogP) is 3.42. The first-order valence-electron chi connectivity index (χ1n) is 6.56. The molecule has 1 atom stereocenters. The van der Waals surface area contributed by atoms with Crippen molar-refractivity contribution in [3.63, 3.8) is 0 Å². The van der Waals surface area contributed by atoms with Gasteiger partial charge in [0, 0.05) is 18.4 Å². The van der Waals surface area contributed by atoms with E-state index < -0.39 is 0 Å². The summed E-state index contributed by atoms with van der Waals surface area (Å²) in [6.07, 6.45) is 4.43. The van der Waals surface area contributed by atoms with Gasteiger partial charge >= 0.3 is 0 Å². The first-order chi connectivity index (χ1) is 8.66. The second kappa shape index (κ2) is 4.46. The molecule has 0 fully saturated rings. The summed E-state index contributed by atoms with van der Waals surface area (Å²) in [4.78, 5) is 9.20. The normalized spacial score (nSPS) is 19.2. The SMILES string of the molecule is CC(C)c1nsc(-c2cnc3n2CCC[C@@H]3C)n1. The van der Waals surface area contributed by atoms with E-state index in [2.05, 4.69) is 39.7 Å². The van der Waals surface area contributed by atoms with Gasteiger partial charge in [-0.3, -0.25) is 0 Å².